The third-order valence-electron chi connectivity index (χ3n) is 2.60. The number of hydrogen-bond acceptors (Lipinski definition) is 7. The van der Waals surface area contributed by atoms with Gasteiger partial charge in [-0.1, -0.05) is 0 Å². The van der Waals surface area contributed by atoms with Gasteiger partial charge in [0.05, 0.1) is 10.5 Å². The van der Waals surface area contributed by atoms with Gasteiger partial charge in [0, 0.05) is 32.3 Å². The maximum absolute atomic E-state index is 10.9. The van der Waals surface area contributed by atoms with Gasteiger partial charge in [-0.3, -0.25) is 14.8 Å². The summed E-state index contributed by atoms with van der Waals surface area (Å²) in [5.74, 6) is -0.662. The van der Waals surface area contributed by atoms with Gasteiger partial charge >= 0.3 is 11.7 Å². The Morgan fingerprint density at radius 3 is 2.86 bits per heavy atom. The number of carboxylic acids is 1. The van der Waals surface area contributed by atoms with Crippen LogP contribution in [0.4, 0.5) is 11.5 Å². The largest absolute Gasteiger partial charge is 0.478 e. The first-order chi connectivity index (χ1) is 9.97. The predicted molar refractivity (Wildman–Crippen MR) is 71.0 cm³/mol. The van der Waals surface area contributed by atoms with E-state index in [1.165, 1.54) is 0 Å². The highest BCUT2D eigenvalue weighted by Gasteiger charge is 2.18. The van der Waals surface area contributed by atoms with Crippen LogP contribution in [0.25, 0.3) is 0 Å². The molecule has 0 aliphatic rings. The van der Waals surface area contributed by atoms with Crippen molar-refractivity contribution in [3.63, 3.8) is 0 Å². The lowest BCUT2D eigenvalue weighted by Crippen LogP contribution is -2.10. The lowest BCUT2D eigenvalue weighted by atomic mass is 10.2. The van der Waals surface area contributed by atoms with Crippen molar-refractivity contribution in [2.24, 2.45) is 7.05 Å². The molecule has 2 N–H and O–H groups in total. The first kappa shape index (κ1) is 14.4. The van der Waals surface area contributed by atoms with E-state index in [0.717, 1.165) is 12.3 Å². The Labute approximate surface area is 118 Å². The number of aromatic carboxylic acids is 1. The first-order valence-electron chi connectivity index (χ1n) is 5.93. The predicted octanol–water partition coefficient (Wildman–Crippen LogP) is 0.471. The minimum atomic E-state index is -1.27. The molecule has 0 aliphatic heterocycles. The van der Waals surface area contributed by atoms with E-state index >= 15 is 0 Å². The second-order valence-electron chi connectivity index (χ2n) is 4.17. The third kappa shape index (κ3) is 3.49. The monoisotopic (exact) mass is 292 g/mol. The van der Waals surface area contributed by atoms with Gasteiger partial charge < -0.3 is 10.4 Å². The second-order valence-corrected chi connectivity index (χ2v) is 4.17. The molecule has 0 saturated heterocycles. The third-order valence-corrected chi connectivity index (χ3v) is 2.60. The minimum Gasteiger partial charge on any atom is -0.478 e. The zero-order valence-corrected chi connectivity index (χ0v) is 11.1. The van der Waals surface area contributed by atoms with Crippen LogP contribution in [0.2, 0.25) is 0 Å². The number of carbonyl (C=O) groups is 1. The van der Waals surface area contributed by atoms with Gasteiger partial charge in [0.25, 0.3) is 0 Å². The van der Waals surface area contributed by atoms with Crippen LogP contribution in [0.3, 0.4) is 0 Å². The molecule has 2 heterocycles. The van der Waals surface area contributed by atoms with Gasteiger partial charge in [-0.05, 0) is 0 Å². The second kappa shape index (κ2) is 5.94. The summed E-state index contributed by atoms with van der Waals surface area (Å²) in [4.78, 5) is 28.8. The summed E-state index contributed by atoms with van der Waals surface area (Å²) in [5.41, 5.74) is -0.623. The Balaban J connectivity index is 2.08. The molecule has 0 aliphatic carbocycles. The van der Waals surface area contributed by atoms with Crippen molar-refractivity contribution in [3.8, 4) is 0 Å². The molecule has 0 radical (unpaired) electrons. The molecule has 0 atom stereocenters. The highest BCUT2D eigenvalue weighted by Crippen LogP contribution is 2.22. The van der Waals surface area contributed by atoms with Crippen LogP contribution >= 0.6 is 0 Å². The topological polar surface area (TPSA) is 136 Å². The Morgan fingerprint density at radius 1 is 1.52 bits per heavy atom. The fourth-order valence-corrected chi connectivity index (χ4v) is 1.64. The van der Waals surface area contributed by atoms with Gasteiger partial charge in [-0.25, -0.2) is 14.8 Å². The average Bonchev–Trinajstić information content (AvgIpc) is 2.84. The number of nitrogens with one attached hydrogen (secondary N) is 1. The number of hydrogen-bond donors (Lipinski definition) is 2. The molecule has 0 unspecified atom stereocenters. The molecule has 2 aromatic heterocycles. The van der Waals surface area contributed by atoms with Crippen molar-refractivity contribution in [2.75, 3.05) is 11.9 Å². The maximum Gasteiger partial charge on any atom is 0.337 e. The lowest BCUT2D eigenvalue weighted by Gasteiger charge is -2.05. The summed E-state index contributed by atoms with van der Waals surface area (Å²) in [5, 5.41) is 26.6. The number of aryl methyl sites for hydroxylation is 1. The van der Waals surface area contributed by atoms with E-state index < -0.39 is 10.9 Å². The molecule has 0 bridgehead atoms. The fraction of sp³-hybridized carbons (Fsp3) is 0.273. The summed E-state index contributed by atoms with van der Waals surface area (Å²) in [6.07, 6.45) is 3.08. The summed E-state index contributed by atoms with van der Waals surface area (Å²) < 4.78 is 1.55. The quantitative estimate of drug-likeness (QED) is 0.579. The van der Waals surface area contributed by atoms with Crippen molar-refractivity contribution in [3.05, 3.63) is 40.1 Å². The summed E-state index contributed by atoms with van der Waals surface area (Å²) >= 11 is 0. The number of rotatable bonds is 6. The van der Waals surface area contributed by atoms with Crippen LogP contribution in [-0.4, -0.2) is 42.3 Å². The van der Waals surface area contributed by atoms with Gasteiger partial charge in [0.15, 0.2) is 5.82 Å². The molecule has 110 valence electrons. The van der Waals surface area contributed by atoms with Crippen LogP contribution < -0.4 is 5.32 Å². The number of pyridine rings is 1. The van der Waals surface area contributed by atoms with E-state index in [-0.39, 0.29) is 17.1 Å². The minimum absolute atomic E-state index is 0.0148. The van der Waals surface area contributed by atoms with Crippen molar-refractivity contribution in [1.29, 1.82) is 0 Å². The normalized spacial score (nSPS) is 10.3. The summed E-state index contributed by atoms with van der Waals surface area (Å²) in [7, 11) is 1.74. The van der Waals surface area contributed by atoms with Crippen molar-refractivity contribution >= 4 is 17.5 Å². The van der Waals surface area contributed by atoms with E-state index in [1.807, 2.05) is 0 Å². The molecule has 0 amide bonds. The molecule has 10 heteroatoms. The standard InChI is InChI=1S/C11H12N6O4/c1-16-6-14-9(15-16)2-3-12-10-8(17(20)21)4-7(5-13-10)11(18)19/h4-6H,2-3H2,1H3,(H,12,13)(H,18,19). The fourth-order valence-electron chi connectivity index (χ4n) is 1.64. The summed E-state index contributed by atoms with van der Waals surface area (Å²) in [6.45, 7) is 0.338. The van der Waals surface area contributed by atoms with Gasteiger partial charge in [0.2, 0.25) is 5.82 Å². The molecule has 0 aromatic carbocycles. The van der Waals surface area contributed by atoms with Gasteiger partial charge in [0.1, 0.15) is 6.33 Å². The van der Waals surface area contributed by atoms with E-state index in [1.54, 1.807) is 18.1 Å². The zero-order chi connectivity index (χ0) is 15.4. The Kier molecular flexibility index (Phi) is 4.07. The van der Waals surface area contributed by atoms with Gasteiger partial charge in [-0.2, -0.15) is 5.10 Å². The SMILES string of the molecule is Cn1cnc(CCNc2ncc(C(=O)O)cc2[N+](=O)[O-])n1. The van der Waals surface area contributed by atoms with Crippen LogP contribution in [0.15, 0.2) is 18.6 Å². The molecular formula is C11H12N6O4. The van der Waals surface area contributed by atoms with Crippen LogP contribution in [0, 0.1) is 10.1 Å². The number of nitrogens with zero attached hydrogens (tertiary/aromatic N) is 5. The highest BCUT2D eigenvalue weighted by molar-refractivity contribution is 5.88. The number of anilines is 1. The number of aromatic nitrogens is 4. The van der Waals surface area contributed by atoms with E-state index in [4.69, 9.17) is 5.11 Å². The highest BCUT2D eigenvalue weighted by atomic mass is 16.6. The van der Waals surface area contributed by atoms with E-state index in [9.17, 15) is 14.9 Å². The molecule has 2 rings (SSSR count). The molecule has 0 fully saturated rings. The molecule has 2 aromatic rings. The van der Waals surface area contributed by atoms with Gasteiger partial charge in [-0.15, -0.1) is 0 Å². The zero-order valence-electron chi connectivity index (χ0n) is 11.1. The smallest absolute Gasteiger partial charge is 0.337 e. The van der Waals surface area contributed by atoms with E-state index in [0.29, 0.717) is 18.8 Å². The first-order valence-corrected chi connectivity index (χ1v) is 5.93. The average molecular weight is 292 g/mol. The maximum atomic E-state index is 10.9. The van der Waals surface area contributed by atoms with Crippen molar-refractivity contribution < 1.29 is 14.8 Å². The molecular weight excluding hydrogens is 280 g/mol. The van der Waals surface area contributed by atoms with Crippen LogP contribution in [0.1, 0.15) is 16.2 Å². The molecule has 0 spiro atoms. The van der Waals surface area contributed by atoms with Crippen LogP contribution in [0.5, 0.6) is 0 Å². The Morgan fingerprint density at radius 2 is 2.29 bits per heavy atom. The van der Waals surface area contributed by atoms with Crippen molar-refractivity contribution in [2.45, 2.75) is 6.42 Å². The molecule has 10 nitrogen and oxygen atoms in total. The van der Waals surface area contributed by atoms with Crippen LogP contribution in [-0.2, 0) is 13.5 Å². The molecule has 21 heavy (non-hydrogen) atoms. The molecule has 0 saturated carbocycles. The number of nitro groups is 1. The Bertz CT molecular complexity index is 683. The Hall–Kier alpha value is -3.04. The summed E-state index contributed by atoms with van der Waals surface area (Å²) in [6, 6.07) is 0.969. The van der Waals surface area contributed by atoms with Crippen molar-refractivity contribution in [1.82, 2.24) is 19.7 Å². The lowest BCUT2D eigenvalue weighted by molar-refractivity contribution is -0.384. The number of carboxylic acid groups (broad SMARTS) is 1. The van der Waals surface area contributed by atoms with E-state index in [2.05, 4.69) is 20.4 Å².